The van der Waals surface area contributed by atoms with Gasteiger partial charge in [0.05, 0.1) is 18.2 Å². The van der Waals surface area contributed by atoms with E-state index in [9.17, 15) is 9.59 Å². The van der Waals surface area contributed by atoms with Gasteiger partial charge in [-0.15, -0.1) is 11.3 Å². The Morgan fingerprint density at radius 3 is 2.29 bits per heavy atom. The number of benzene rings is 1. The molecule has 2 aromatic rings. The van der Waals surface area contributed by atoms with E-state index < -0.39 is 5.97 Å². The minimum absolute atomic E-state index is 0.334. The average Bonchev–Trinajstić information content (AvgIpc) is 3.03. The topological polar surface area (TPSA) is 79.9 Å². The minimum Gasteiger partial charge on any atom is -0.465 e. The third-order valence-corrected chi connectivity index (χ3v) is 6.24. The normalized spacial score (nSPS) is 10.6. The standard InChI is InChI=1S/C22H29N3O4S2/c1-6-25(7-2)12-13-29-20(26)16-8-10-17(11-9-16)23-22(30)24-19-18(21(27)28-5)14(3)15(4)31-19/h8-11H,6-7,12-13H2,1-5H3,(H2,23,24,30). The molecule has 2 N–H and O–H groups in total. The Morgan fingerprint density at radius 1 is 1.06 bits per heavy atom. The fourth-order valence-corrected chi connectivity index (χ4v) is 4.25. The van der Waals surface area contributed by atoms with Crippen molar-refractivity contribution in [2.45, 2.75) is 27.7 Å². The molecule has 0 radical (unpaired) electrons. The molecule has 7 nitrogen and oxygen atoms in total. The number of anilines is 2. The summed E-state index contributed by atoms with van der Waals surface area (Å²) >= 11 is 6.82. The number of nitrogens with one attached hydrogen (secondary N) is 2. The van der Waals surface area contributed by atoms with Crippen LogP contribution in [0.15, 0.2) is 24.3 Å². The highest BCUT2D eigenvalue weighted by atomic mass is 32.1. The summed E-state index contributed by atoms with van der Waals surface area (Å²) in [5.41, 5.74) is 2.53. The molecule has 0 fully saturated rings. The Kier molecular flexibility index (Phi) is 9.42. The number of thiocarbonyl (C=S) groups is 1. The first-order chi connectivity index (χ1) is 14.8. The van der Waals surface area contributed by atoms with Crippen LogP contribution in [0, 0.1) is 13.8 Å². The smallest absolute Gasteiger partial charge is 0.341 e. The quantitative estimate of drug-likeness (QED) is 0.417. The Bertz CT molecular complexity index is 922. The number of hydrogen-bond acceptors (Lipinski definition) is 7. The van der Waals surface area contributed by atoms with E-state index in [-0.39, 0.29) is 5.97 Å². The summed E-state index contributed by atoms with van der Waals surface area (Å²) in [6.45, 7) is 10.9. The number of rotatable bonds is 9. The van der Waals surface area contributed by atoms with Gasteiger partial charge in [-0.2, -0.15) is 0 Å². The number of hydrogen-bond donors (Lipinski definition) is 2. The lowest BCUT2D eigenvalue weighted by Gasteiger charge is -2.17. The van der Waals surface area contributed by atoms with Crippen LogP contribution >= 0.6 is 23.6 Å². The third kappa shape index (κ3) is 6.75. The third-order valence-electron chi connectivity index (χ3n) is 4.92. The van der Waals surface area contributed by atoms with E-state index in [2.05, 4.69) is 29.4 Å². The molecule has 2 rings (SSSR count). The van der Waals surface area contributed by atoms with Crippen LogP contribution in [0.3, 0.4) is 0 Å². The maximum atomic E-state index is 12.2. The molecule has 1 aromatic carbocycles. The Hall–Kier alpha value is -2.49. The van der Waals surface area contributed by atoms with Crippen molar-refractivity contribution in [3.63, 3.8) is 0 Å². The maximum Gasteiger partial charge on any atom is 0.341 e. The van der Waals surface area contributed by atoms with E-state index in [4.69, 9.17) is 21.7 Å². The highest BCUT2D eigenvalue weighted by Gasteiger charge is 2.20. The molecule has 0 spiro atoms. The number of ether oxygens (including phenoxy) is 2. The van der Waals surface area contributed by atoms with Crippen molar-refractivity contribution in [1.82, 2.24) is 4.90 Å². The summed E-state index contributed by atoms with van der Waals surface area (Å²) < 4.78 is 10.2. The molecule has 9 heteroatoms. The van der Waals surface area contributed by atoms with E-state index in [1.165, 1.54) is 18.4 Å². The van der Waals surface area contributed by atoms with Crippen molar-refractivity contribution in [3.8, 4) is 0 Å². The molecule has 0 aliphatic heterocycles. The van der Waals surface area contributed by atoms with Gasteiger partial charge in [0.2, 0.25) is 0 Å². The van der Waals surface area contributed by atoms with Crippen molar-refractivity contribution in [1.29, 1.82) is 0 Å². The molecule has 0 aliphatic rings. The molecule has 0 saturated heterocycles. The van der Waals surface area contributed by atoms with Gasteiger partial charge in [0, 0.05) is 17.1 Å². The van der Waals surface area contributed by atoms with Crippen molar-refractivity contribution < 1.29 is 19.1 Å². The van der Waals surface area contributed by atoms with Crippen LogP contribution in [0.2, 0.25) is 0 Å². The van der Waals surface area contributed by atoms with Crippen molar-refractivity contribution in [2.75, 3.05) is 44.0 Å². The van der Waals surface area contributed by atoms with Crippen molar-refractivity contribution >= 4 is 51.3 Å². The molecule has 1 aromatic heterocycles. The lowest BCUT2D eigenvalue weighted by Crippen LogP contribution is -2.27. The highest BCUT2D eigenvalue weighted by Crippen LogP contribution is 2.33. The van der Waals surface area contributed by atoms with Gasteiger partial charge in [-0.05, 0) is 69.0 Å². The van der Waals surface area contributed by atoms with Crippen LogP contribution in [0.4, 0.5) is 10.7 Å². The zero-order valence-electron chi connectivity index (χ0n) is 18.5. The number of carbonyl (C=O) groups is 2. The summed E-state index contributed by atoms with van der Waals surface area (Å²) in [6.07, 6.45) is 0. The van der Waals surface area contributed by atoms with E-state index in [1.807, 2.05) is 13.8 Å². The molecule has 0 bridgehead atoms. The van der Waals surface area contributed by atoms with Crippen LogP contribution in [0.25, 0.3) is 0 Å². The first-order valence-corrected chi connectivity index (χ1v) is 11.3. The maximum absolute atomic E-state index is 12.2. The van der Waals surface area contributed by atoms with Crippen LogP contribution in [-0.2, 0) is 9.47 Å². The van der Waals surface area contributed by atoms with E-state index >= 15 is 0 Å². The monoisotopic (exact) mass is 463 g/mol. The predicted molar refractivity (Wildman–Crippen MR) is 129 cm³/mol. The highest BCUT2D eigenvalue weighted by molar-refractivity contribution is 7.80. The van der Waals surface area contributed by atoms with Gasteiger partial charge in [-0.1, -0.05) is 13.8 Å². The fraction of sp³-hybridized carbons (Fsp3) is 0.409. The SMILES string of the molecule is CCN(CC)CCOC(=O)c1ccc(NC(=S)Nc2sc(C)c(C)c2C(=O)OC)cc1. The summed E-state index contributed by atoms with van der Waals surface area (Å²) in [5, 5.41) is 7.09. The second-order valence-corrected chi connectivity index (χ2v) is 8.43. The summed E-state index contributed by atoms with van der Waals surface area (Å²) in [7, 11) is 1.35. The molecular formula is C22H29N3O4S2. The second-order valence-electron chi connectivity index (χ2n) is 6.80. The number of methoxy groups -OCH3 is 1. The average molecular weight is 464 g/mol. The largest absolute Gasteiger partial charge is 0.465 e. The molecule has 0 aliphatic carbocycles. The first kappa shape index (κ1) is 24.8. The Balaban J connectivity index is 1.95. The fourth-order valence-electron chi connectivity index (χ4n) is 2.91. The molecule has 1 heterocycles. The van der Waals surface area contributed by atoms with Crippen LogP contribution in [-0.4, -0.2) is 55.3 Å². The molecule has 0 atom stereocenters. The zero-order valence-corrected chi connectivity index (χ0v) is 20.2. The number of nitrogens with zero attached hydrogens (tertiary/aromatic N) is 1. The van der Waals surface area contributed by atoms with Gasteiger partial charge in [0.25, 0.3) is 0 Å². The molecule has 168 valence electrons. The lowest BCUT2D eigenvalue weighted by atomic mass is 10.1. The minimum atomic E-state index is -0.406. The molecule has 0 amide bonds. The van der Waals surface area contributed by atoms with Gasteiger partial charge < -0.3 is 25.0 Å². The predicted octanol–water partition coefficient (Wildman–Crippen LogP) is 4.46. The van der Waals surface area contributed by atoms with E-state index in [0.29, 0.717) is 40.1 Å². The Labute approximate surface area is 192 Å². The number of esters is 2. The molecular weight excluding hydrogens is 434 g/mol. The molecule has 31 heavy (non-hydrogen) atoms. The summed E-state index contributed by atoms with van der Waals surface area (Å²) in [6, 6.07) is 6.87. The van der Waals surface area contributed by atoms with E-state index in [1.54, 1.807) is 24.3 Å². The van der Waals surface area contributed by atoms with Gasteiger partial charge in [0.1, 0.15) is 11.6 Å². The number of likely N-dealkylation sites (N-methyl/N-ethyl adjacent to an activating group) is 1. The number of carbonyl (C=O) groups excluding carboxylic acids is 2. The zero-order chi connectivity index (χ0) is 23.0. The molecule has 0 saturated carbocycles. The van der Waals surface area contributed by atoms with Gasteiger partial charge >= 0.3 is 11.9 Å². The number of thiophene rings is 1. The summed E-state index contributed by atoms with van der Waals surface area (Å²) in [5.74, 6) is -0.761. The van der Waals surface area contributed by atoms with Crippen LogP contribution in [0.5, 0.6) is 0 Å². The van der Waals surface area contributed by atoms with E-state index in [0.717, 1.165) is 23.5 Å². The van der Waals surface area contributed by atoms with Gasteiger partial charge in [-0.25, -0.2) is 9.59 Å². The Morgan fingerprint density at radius 2 is 1.71 bits per heavy atom. The van der Waals surface area contributed by atoms with Gasteiger partial charge in [0.15, 0.2) is 5.11 Å². The molecule has 0 unspecified atom stereocenters. The lowest BCUT2D eigenvalue weighted by molar-refractivity contribution is 0.0466. The summed E-state index contributed by atoms with van der Waals surface area (Å²) in [4.78, 5) is 27.5. The first-order valence-electron chi connectivity index (χ1n) is 10.1. The van der Waals surface area contributed by atoms with Crippen molar-refractivity contribution in [3.05, 3.63) is 45.8 Å². The second kappa shape index (κ2) is 11.8. The van der Waals surface area contributed by atoms with Gasteiger partial charge in [-0.3, -0.25) is 0 Å². The van der Waals surface area contributed by atoms with Crippen LogP contribution in [0.1, 0.15) is 45.0 Å². The number of aryl methyl sites for hydroxylation is 1. The van der Waals surface area contributed by atoms with Crippen LogP contribution < -0.4 is 10.6 Å². The van der Waals surface area contributed by atoms with Crippen molar-refractivity contribution in [2.24, 2.45) is 0 Å².